The second-order valence-corrected chi connectivity index (χ2v) is 8.83. The van der Waals surface area contributed by atoms with Gasteiger partial charge in [0.25, 0.3) is 5.91 Å². The van der Waals surface area contributed by atoms with Crippen LogP contribution in [0.5, 0.6) is 0 Å². The first-order chi connectivity index (χ1) is 16.1. The number of hydrogen-bond donors (Lipinski definition) is 2. The zero-order valence-corrected chi connectivity index (χ0v) is 19.6. The maximum atomic E-state index is 12.7. The number of hydrogen-bond acceptors (Lipinski definition) is 5. The molecule has 1 unspecified atom stereocenters. The van der Waals surface area contributed by atoms with E-state index in [-0.39, 0.29) is 5.91 Å². The number of benzene rings is 2. The van der Waals surface area contributed by atoms with Crippen LogP contribution in [0.2, 0.25) is 0 Å². The van der Waals surface area contributed by atoms with Crippen molar-refractivity contribution in [3.8, 4) is 11.4 Å². The minimum atomic E-state index is -0.0478. The number of anilines is 2. The molecule has 0 aliphatic carbocycles. The van der Waals surface area contributed by atoms with Crippen molar-refractivity contribution in [1.29, 1.82) is 0 Å². The smallest absolute Gasteiger partial charge is 0.251 e. The Bertz CT molecular complexity index is 1070. The molecule has 6 heteroatoms. The van der Waals surface area contributed by atoms with E-state index in [2.05, 4.69) is 39.3 Å². The summed E-state index contributed by atoms with van der Waals surface area (Å²) in [5.74, 6) is 1.30. The van der Waals surface area contributed by atoms with E-state index in [9.17, 15) is 4.79 Å². The number of amides is 1. The van der Waals surface area contributed by atoms with E-state index >= 15 is 0 Å². The molecule has 1 aliphatic rings. The molecule has 2 aromatic carbocycles. The molecule has 1 saturated heterocycles. The van der Waals surface area contributed by atoms with Crippen LogP contribution in [0.15, 0.2) is 60.8 Å². The van der Waals surface area contributed by atoms with Crippen molar-refractivity contribution in [2.24, 2.45) is 0 Å². The minimum Gasteiger partial charge on any atom is -0.352 e. The van der Waals surface area contributed by atoms with Gasteiger partial charge >= 0.3 is 0 Å². The van der Waals surface area contributed by atoms with Gasteiger partial charge in [-0.15, -0.1) is 0 Å². The molecule has 0 bridgehead atoms. The Labute approximate surface area is 196 Å². The van der Waals surface area contributed by atoms with Gasteiger partial charge in [0.1, 0.15) is 5.82 Å². The summed E-state index contributed by atoms with van der Waals surface area (Å²) >= 11 is 0. The number of nitrogens with zero attached hydrogens (tertiary/aromatic N) is 3. The minimum absolute atomic E-state index is 0.0478. The maximum absolute atomic E-state index is 12.7. The maximum Gasteiger partial charge on any atom is 0.251 e. The monoisotopic (exact) mass is 443 g/mol. The highest BCUT2D eigenvalue weighted by Gasteiger charge is 2.17. The third-order valence-corrected chi connectivity index (χ3v) is 6.21. The average Bonchev–Trinajstić information content (AvgIpc) is 2.83. The number of nitrogens with one attached hydrogen (secondary N) is 2. The van der Waals surface area contributed by atoms with Gasteiger partial charge in [-0.2, -0.15) is 0 Å². The third-order valence-electron chi connectivity index (χ3n) is 6.21. The molecule has 0 spiro atoms. The van der Waals surface area contributed by atoms with E-state index in [0.717, 1.165) is 24.2 Å². The van der Waals surface area contributed by atoms with Crippen molar-refractivity contribution in [2.75, 3.05) is 25.0 Å². The van der Waals surface area contributed by atoms with Gasteiger partial charge in [0.15, 0.2) is 5.82 Å². The molecule has 1 amide bonds. The van der Waals surface area contributed by atoms with Gasteiger partial charge in [-0.05, 0) is 63.9 Å². The van der Waals surface area contributed by atoms with Crippen LogP contribution < -0.4 is 10.6 Å². The lowest BCUT2D eigenvalue weighted by Gasteiger charge is -2.33. The van der Waals surface area contributed by atoms with Crippen molar-refractivity contribution in [3.63, 3.8) is 0 Å². The van der Waals surface area contributed by atoms with Crippen molar-refractivity contribution < 1.29 is 4.79 Å². The SMILES string of the molecule is Cc1ccc(-c2nccc(Nc3cccc(C(=O)NCCCN4CCCCC4C)c3)n2)cc1. The van der Waals surface area contributed by atoms with E-state index in [1.165, 1.54) is 31.4 Å². The van der Waals surface area contributed by atoms with Crippen LogP contribution in [-0.4, -0.2) is 46.5 Å². The molecule has 1 atom stereocenters. The topological polar surface area (TPSA) is 70.2 Å². The Morgan fingerprint density at radius 3 is 2.79 bits per heavy atom. The number of piperidine rings is 1. The van der Waals surface area contributed by atoms with E-state index < -0.39 is 0 Å². The predicted octanol–water partition coefficient (Wildman–Crippen LogP) is 5.19. The quantitative estimate of drug-likeness (QED) is 0.469. The second kappa shape index (κ2) is 11.1. The van der Waals surface area contributed by atoms with Gasteiger partial charge in [0, 0.05) is 42.1 Å². The molecule has 1 aromatic heterocycles. The molecule has 2 N–H and O–H groups in total. The van der Waals surface area contributed by atoms with Crippen LogP contribution >= 0.6 is 0 Å². The molecular weight excluding hydrogens is 410 g/mol. The fraction of sp³-hybridized carbons (Fsp3) is 0.370. The summed E-state index contributed by atoms with van der Waals surface area (Å²) in [6.45, 7) is 7.27. The van der Waals surface area contributed by atoms with Crippen molar-refractivity contribution >= 4 is 17.4 Å². The van der Waals surface area contributed by atoms with Gasteiger partial charge in [0.2, 0.25) is 0 Å². The lowest BCUT2D eigenvalue weighted by atomic mass is 10.0. The molecule has 3 aromatic rings. The van der Waals surface area contributed by atoms with Crippen molar-refractivity contribution in [3.05, 3.63) is 71.9 Å². The van der Waals surface area contributed by atoms with E-state index in [4.69, 9.17) is 0 Å². The molecule has 6 nitrogen and oxygen atoms in total. The number of carbonyl (C=O) groups is 1. The van der Waals surface area contributed by atoms with Gasteiger partial charge in [-0.1, -0.05) is 42.3 Å². The first-order valence-corrected chi connectivity index (χ1v) is 11.9. The molecule has 33 heavy (non-hydrogen) atoms. The molecule has 172 valence electrons. The molecule has 4 rings (SSSR count). The zero-order valence-electron chi connectivity index (χ0n) is 19.6. The predicted molar refractivity (Wildman–Crippen MR) is 134 cm³/mol. The van der Waals surface area contributed by atoms with Crippen LogP contribution in [0, 0.1) is 6.92 Å². The Hall–Kier alpha value is -3.25. The second-order valence-electron chi connectivity index (χ2n) is 8.83. The van der Waals surface area contributed by atoms with Gasteiger partial charge in [-0.25, -0.2) is 9.97 Å². The van der Waals surface area contributed by atoms with Crippen LogP contribution in [0.3, 0.4) is 0 Å². The van der Waals surface area contributed by atoms with Crippen LogP contribution in [0.1, 0.15) is 48.5 Å². The lowest BCUT2D eigenvalue weighted by molar-refractivity contribution is 0.0949. The summed E-state index contributed by atoms with van der Waals surface area (Å²) in [5, 5.41) is 6.36. The van der Waals surface area contributed by atoms with Crippen molar-refractivity contribution in [2.45, 2.75) is 45.6 Å². The first kappa shape index (κ1) is 22.9. The van der Waals surface area contributed by atoms with Crippen molar-refractivity contribution in [1.82, 2.24) is 20.2 Å². The van der Waals surface area contributed by atoms with Gasteiger partial charge < -0.3 is 15.5 Å². The summed E-state index contributed by atoms with van der Waals surface area (Å²) in [4.78, 5) is 24.2. The van der Waals surface area contributed by atoms with E-state index in [1.54, 1.807) is 6.20 Å². The molecule has 0 radical (unpaired) electrons. The molecule has 0 saturated carbocycles. The Balaban J connectivity index is 1.32. The molecular formula is C27H33N5O. The molecule has 1 aliphatic heterocycles. The summed E-state index contributed by atoms with van der Waals surface area (Å²) in [6.07, 6.45) is 6.61. The molecule has 1 fully saturated rings. The number of carbonyl (C=O) groups excluding carboxylic acids is 1. The number of likely N-dealkylation sites (tertiary alicyclic amines) is 1. The molecule has 2 heterocycles. The Morgan fingerprint density at radius 2 is 1.97 bits per heavy atom. The summed E-state index contributed by atoms with van der Waals surface area (Å²) in [7, 11) is 0. The van der Waals surface area contributed by atoms with E-state index in [1.807, 2.05) is 54.6 Å². The fourth-order valence-corrected chi connectivity index (χ4v) is 4.23. The zero-order chi connectivity index (χ0) is 23.0. The van der Waals surface area contributed by atoms with Gasteiger partial charge in [-0.3, -0.25) is 4.79 Å². The van der Waals surface area contributed by atoms with Crippen LogP contribution in [0.4, 0.5) is 11.5 Å². The number of aryl methyl sites for hydroxylation is 1. The third kappa shape index (κ3) is 6.39. The summed E-state index contributed by atoms with van der Waals surface area (Å²) in [6, 6.07) is 18.1. The Kier molecular flexibility index (Phi) is 7.68. The van der Waals surface area contributed by atoms with Gasteiger partial charge in [0.05, 0.1) is 0 Å². The average molecular weight is 444 g/mol. The fourth-order valence-electron chi connectivity index (χ4n) is 4.23. The summed E-state index contributed by atoms with van der Waals surface area (Å²) < 4.78 is 0. The normalized spacial score (nSPS) is 16.4. The number of rotatable bonds is 8. The number of aromatic nitrogens is 2. The largest absolute Gasteiger partial charge is 0.352 e. The lowest BCUT2D eigenvalue weighted by Crippen LogP contribution is -2.39. The Morgan fingerprint density at radius 1 is 1.12 bits per heavy atom. The standard InChI is InChI=1S/C27H33N5O/c1-20-10-12-22(13-11-20)26-28-16-14-25(31-26)30-24-9-5-8-23(19-24)27(33)29-15-6-18-32-17-4-3-7-21(32)2/h5,8-14,16,19,21H,3-4,6-7,15,17-18H2,1-2H3,(H,29,33)(H,28,30,31). The summed E-state index contributed by atoms with van der Waals surface area (Å²) in [5.41, 5.74) is 3.62. The van der Waals surface area contributed by atoms with Crippen LogP contribution in [0.25, 0.3) is 11.4 Å². The van der Waals surface area contributed by atoms with E-state index in [0.29, 0.717) is 29.8 Å². The highest BCUT2D eigenvalue weighted by Crippen LogP contribution is 2.20. The highest BCUT2D eigenvalue weighted by molar-refractivity contribution is 5.95. The first-order valence-electron chi connectivity index (χ1n) is 11.9. The highest BCUT2D eigenvalue weighted by atomic mass is 16.1. The van der Waals surface area contributed by atoms with Crippen LogP contribution in [-0.2, 0) is 0 Å².